The molecule has 1 aliphatic rings. The molecule has 138 valence electrons. The number of hydrogen-bond acceptors (Lipinski definition) is 7. The van der Waals surface area contributed by atoms with E-state index in [0.717, 1.165) is 0 Å². The highest BCUT2D eigenvalue weighted by atomic mass is 16.6. The SMILES string of the molecule is Cc1nonc1CC(=O)N[C@@H]1COCC[C@H]1Oc1ccc(C(=O)O)cc1. The summed E-state index contributed by atoms with van der Waals surface area (Å²) < 4.78 is 16.0. The fourth-order valence-electron chi connectivity index (χ4n) is 2.66. The Hall–Kier alpha value is -2.94. The molecule has 2 N–H and O–H groups in total. The molecule has 1 fully saturated rings. The minimum absolute atomic E-state index is 0.0614. The third kappa shape index (κ3) is 4.37. The first-order valence-corrected chi connectivity index (χ1v) is 8.18. The van der Waals surface area contributed by atoms with Crippen LogP contribution in [0.1, 0.15) is 28.2 Å². The van der Waals surface area contributed by atoms with E-state index in [4.69, 9.17) is 14.6 Å². The van der Waals surface area contributed by atoms with Crippen LogP contribution in [0.2, 0.25) is 0 Å². The Morgan fingerprint density at radius 3 is 2.73 bits per heavy atom. The second kappa shape index (κ2) is 7.96. The molecule has 2 atom stereocenters. The third-order valence-electron chi connectivity index (χ3n) is 4.10. The van der Waals surface area contributed by atoms with Gasteiger partial charge in [0.05, 0.1) is 31.2 Å². The van der Waals surface area contributed by atoms with E-state index >= 15 is 0 Å². The van der Waals surface area contributed by atoms with Crippen LogP contribution in [0.3, 0.4) is 0 Å². The molecule has 9 nitrogen and oxygen atoms in total. The molecule has 0 spiro atoms. The van der Waals surface area contributed by atoms with Gasteiger partial charge in [0.25, 0.3) is 0 Å². The molecular weight excluding hydrogens is 342 g/mol. The van der Waals surface area contributed by atoms with Crippen LogP contribution in [-0.4, -0.2) is 52.7 Å². The normalized spacial score (nSPS) is 19.7. The first kappa shape index (κ1) is 17.9. The number of amides is 1. The molecule has 0 unspecified atom stereocenters. The zero-order valence-electron chi connectivity index (χ0n) is 14.2. The van der Waals surface area contributed by atoms with Crippen molar-refractivity contribution in [3.05, 3.63) is 41.2 Å². The van der Waals surface area contributed by atoms with Gasteiger partial charge in [-0.05, 0) is 31.2 Å². The highest BCUT2D eigenvalue weighted by Gasteiger charge is 2.29. The average molecular weight is 361 g/mol. The van der Waals surface area contributed by atoms with Crippen molar-refractivity contribution >= 4 is 11.9 Å². The fourth-order valence-corrected chi connectivity index (χ4v) is 2.66. The molecule has 1 saturated heterocycles. The maximum absolute atomic E-state index is 12.3. The van der Waals surface area contributed by atoms with Crippen molar-refractivity contribution in [3.8, 4) is 5.75 Å². The lowest BCUT2D eigenvalue weighted by atomic mass is 10.1. The van der Waals surface area contributed by atoms with Gasteiger partial charge in [-0.1, -0.05) is 10.3 Å². The van der Waals surface area contributed by atoms with Gasteiger partial charge in [-0.3, -0.25) is 4.79 Å². The van der Waals surface area contributed by atoms with Crippen LogP contribution in [0, 0.1) is 6.92 Å². The highest BCUT2D eigenvalue weighted by Crippen LogP contribution is 2.19. The van der Waals surface area contributed by atoms with Crippen molar-refractivity contribution < 1.29 is 28.8 Å². The lowest BCUT2D eigenvalue weighted by molar-refractivity contribution is -0.123. The lowest BCUT2D eigenvalue weighted by Gasteiger charge is -2.32. The number of nitrogens with one attached hydrogen (secondary N) is 1. The smallest absolute Gasteiger partial charge is 0.335 e. The Bertz CT molecular complexity index is 773. The van der Waals surface area contributed by atoms with Crippen LogP contribution < -0.4 is 10.1 Å². The Kier molecular flexibility index (Phi) is 5.47. The molecule has 0 saturated carbocycles. The van der Waals surface area contributed by atoms with E-state index in [1.807, 2.05) is 0 Å². The van der Waals surface area contributed by atoms with Crippen LogP contribution in [0.5, 0.6) is 5.75 Å². The quantitative estimate of drug-likeness (QED) is 0.780. The number of hydrogen-bond donors (Lipinski definition) is 2. The molecule has 0 radical (unpaired) electrons. The standard InChI is InChI=1S/C17H19N3O6/c1-10-13(20-26-19-10)8-16(21)18-14-9-24-7-6-15(14)25-12-4-2-11(3-5-12)17(22)23/h2-5,14-15H,6-9H2,1H3,(H,18,21)(H,22,23)/t14-,15-/m1/s1. The molecule has 3 rings (SSSR count). The van der Waals surface area contributed by atoms with Crippen LogP contribution in [0.15, 0.2) is 28.9 Å². The Morgan fingerprint density at radius 2 is 2.08 bits per heavy atom. The Morgan fingerprint density at radius 1 is 1.31 bits per heavy atom. The number of carboxylic acid groups (broad SMARTS) is 1. The van der Waals surface area contributed by atoms with Gasteiger partial charge >= 0.3 is 5.97 Å². The molecule has 1 aromatic carbocycles. The summed E-state index contributed by atoms with van der Waals surface area (Å²) in [6.45, 7) is 2.58. The first-order chi connectivity index (χ1) is 12.5. The number of carboxylic acids is 1. The molecule has 0 aliphatic carbocycles. The third-order valence-corrected chi connectivity index (χ3v) is 4.10. The topological polar surface area (TPSA) is 124 Å². The van der Waals surface area contributed by atoms with Crippen LogP contribution in [-0.2, 0) is 16.0 Å². The largest absolute Gasteiger partial charge is 0.488 e. The van der Waals surface area contributed by atoms with E-state index in [-0.39, 0.29) is 30.0 Å². The maximum atomic E-state index is 12.3. The van der Waals surface area contributed by atoms with Gasteiger partial charge < -0.3 is 19.9 Å². The number of carbonyl (C=O) groups is 2. The molecule has 1 aromatic heterocycles. The summed E-state index contributed by atoms with van der Waals surface area (Å²) in [5.74, 6) is -0.683. The summed E-state index contributed by atoms with van der Waals surface area (Å²) in [6.07, 6.45) is 0.391. The highest BCUT2D eigenvalue weighted by molar-refractivity contribution is 5.87. The van der Waals surface area contributed by atoms with E-state index in [1.165, 1.54) is 12.1 Å². The van der Waals surface area contributed by atoms with Gasteiger partial charge in [-0.2, -0.15) is 0 Å². The van der Waals surface area contributed by atoms with Crippen LogP contribution in [0.4, 0.5) is 0 Å². The van der Waals surface area contributed by atoms with Crippen molar-refractivity contribution in [2.75, 3.05) is 13.2 Å². The number of ether oxygens (including phenoxy) is 2. The molecule has 26 heavy (non-hydrogen) atoms. The fraction of sp³-hybridized carbons (Fsp3) is 0.412. The average Bonchev–Trinajstić information content (AvgIpc) is 3.02. The molecule has 2 heterocycles. The van der Waals surface area contributed by atoms with Crippen molar-refractivity contribution in [2.45, 2.75) is 31.9 Å². The predicted molar refractivity (Wildman–Crippen MR) is 87.9 cm³/mol. The van der Waals surface area contributed by atoms with Crippen molar-refractivity contribution in [1.82, 2.24) is 15.6 Å². The summed E-state index contributed by atoms with van der Waals surface area (Å²) in [7, 11) is 0. The van der Waals surface area contributed by atoms with E-state index in [2.05, 4.69) is 20.3 Å². The van der Waals surface area contributed by atoms with Crippen molar-refractivity contribution in [3.63, 3.8) is 0 Å². The summed E-state index contributed by atoms with van der Waals surface area (Å²) in [5, 5.41) is 19.2. The van der Waals surface area contributed by atoms with Gasteiger partial charge in [0.2, 0.25) is 5.91 Å². The number of carbonyl (C=O) groups excluding carboxylic acids is 1. The lowest BCUT2D eigenvalue weighted by Crippen LogP contribution is -2.52. The van der Waals surface area contributed by atoms with Gasteiger partial charge in [0, 0.05) is 6.42 Å². The molecular formula is C17H19N3O6. The Balaban J connectivity index is 1.61. The summed E-state index contributed by atoms with van der Waals surface area (Å²) in [4.78, 5) is 23.2. The van der Waals surface area contributed by atoms with Gasteiger partial charge in [0.15, 0.2) is 0 Å². The Labute approximate surface area is 149 Å². The summed E-state index contributed by atoms with van der Waals surface area (Å²) >= 11 is 0. The van der Waals surface area contributed by atoms with E-state index in [1.54, 1.807) is 19.1 Å². The maximum Gasteiger partial charge on any atom is 0.335 e. The molecule has 0 bridgehead atoms. The second-order valence-electron chi connectivity index (χ2n) is 6.00. The molecule has 1 amide bonds. The first-order valence-electron chi connectivity index (χ1n) is 8.18. The minimum atomic E-state index is -0.995. The van der Waals surface area contributed by atoms with Gasteiger partial charge in [-0.25, -0.2) is 9.42 Å². The summed E-state index contributed by atoms with van der Waals surface area (Å²) in [5.41, 5.74) is 1.25. The number of aromatic nitrogens is 2. The number of aryl methyl sites for hydroxylation is 1. The number of benzene rings is 1. The zero-order chi connectivity index (χ0) is 18.5. The van der Waals surface area contributed by atoms with E-state index in [9.17, 15) is 9.59 Å². The van der Waals surface area contributed by atoms with Crippen LogP contribution in [0.25, 0.3) is 0 Å². The minimum Gasteiger partial charge on any atom is -0.488 e. The van der Waals surface area contributed by atoms with Crippen molar-refractivity contribution in [2.24, 2.45) is 0 Å². The van der Waals surface area contributed by atoms with E-state index < -0.39 is 5.97 Å². The monoisotopic (exact) mass is 361 g/mol. The molecule has 1 aliphatic heterocycles. The van der Waals surface area contributed by atoms with Gasteiger partial charge in [0.1, 0.15) is 23.2 Å². The van der Waals surface area contributed by atoms with Crippen molar-refractivity contribution in [1.29, 1.82) is 0 Å². The molecule has 9 heteroatoms. The zero-order valence-corrected chi connectivity index (χ0v) is 14.2. The predicted octanol–water partition coefficient (Wildman–Crippen LogP) is 0.971. The van der Waals surface area contributed by atoms with Gasteiger partial charge in [-0.15, -0.1) is 0 Å². The second-order valence-corrected chi connectivity index (χ2v) is 6.00. The van der Waals surface area contributed by atoms with Crippen LogP contribution >= 0.6 is 0 Å². The summed E-state index contributed by atoms with van der Waals surface area (Å²) in [6, 6.07) is 5.83. The number of aromatic carboxylic acids is 1. The molecule has 2 aromatic rings. The van der Waals surface area contributed by atoms with E-state index in [0.29, 0.717) is 36.8 Å². The number of nitrogens with zero attached hydrogens (tertiary/aromatic N) is 2. The number of rotatable bonds is 6.